The van der Waals surface area contributed by atoms with Crippen molar-refractivity contribution in [2.75, 3.05) is 26.5 Å². The van der Waals surface area contributed by atoms with Gasteiger partial charge in [0.15, 0.2) is 11.5 Å². The molecule has 3 rings (SSSR count). The van der Waals surface area contributed by atoms with Gasteiger partial charge in [0.05, 0.1) is 14.2 Å². The van der Waals surface area contributed by atoms with E-state index in [2.05, 4.69) is 0 Å². The zero-order valence-corrected chi connectivity index (χ0v) is 23.1. The van der Waals surface area contributed by atoms with Crippen LogP contribution in [0.25, 0.3) is 0 Å². The molecule has 8 nitrogen and oxygen atoms in total. The molecule has 0 spiro atoms. The third kappa shape index (κ3) is 6.85. The highest BCUT2D eigenvalue weighted by Crippen LogP contribution is 2.32. The van der Waals surface area contributed by atoms with Crippen molar-refractivity contribution in [3.05, 3.63) is 53.6 Å². The van der Waals surface area contributed by atoms with Gasteiger partial charge in [0.1, 0.15) is 12.1 Å². The number of hydrogen-bond acceptors (Lipinski definition) is 7. The maximum Gasteiger partial charge on any atom is 0.329 e. The van der Waals surface area contributed by atoms with Gasteiger partial charge in [-0.2, -0.15) is 0 Å². The van der Waals surface area contributed by atoms with Crippen molar-refractivity contribution >= 4 is 23.3 Å². The quantitative estimate of drug-likeness (QED) is 0.253. The molecule has 1 saturated heterocycles. The average Bonchev–Trinajstić information content (AvgIpc) is 2.93. The summed E-state index contributed by atoms with van der Waals surface area (Å²) in [6.07, 6.45) is 3.03. The standard InChI is InChI=1S/C30H40N2O6/c1-6-30(2,3)27(33)28(34)32-17-8-7-12-23(32)29(35)38-24(21-10-9-11-22(31)19-21)15-13-20-14-16-25(36-4)26(18-20)37-5/h9-11,14,16,18-19,23-24H,6-8,12-13,15,17,31H2,1-5H3/t23-,24?/m1/s1. The predicted octanol–water partition coefficient (Wildman–Crippen LogP) is 4.89. The predicted molar refractivity (Wildman–Crippen MR) is 146 cm³/mol. The number of carbonyl (C=O) groups is 3. The third-order valence-corrected chi connectivity index (χ3v) is 7.41. The molecule has 8 heteroatoms. The van der Waals surface area contributed by atoms with E-state index in [0.29, 0.717) is 49.4 Å². The van der Waals surface area contributed by atoms with Crippen molar-refractivity contribution in [3.8, 4) is 11.5 Å². The van der Waals surface area contributed by atoms with E-state index in [1.807, 2.05) is 37.3 Å². The highest BCUT2D eigenvalue weighted by molar-refractivity contribution is 6.38. The lowest BCUT2D eigenvalue weighted by molar-refractivity contribution is -0.164. The molecule has 206 valence electrons. The van der Waals surface area contributed by atoms with Gasteiger partial charge in [0.2, 0.25) is 5.78 Å². The second kappa shape index (κ2) is 12.8. The number of Topliss-reactive ketones (excluding diaryl/α,β-unsaturated/α-hetero) is 1. The lowest BCUT2D eigenvalue weighted by Crippen LogP contribution is -2.53. The number of hydrogen-bond donors (Lipinski definition) is 1. The molecule has 0 radical (unpaired) electrons. The normalized spacial score (nSPS) is 16.4. The van der Waals surface area contributed by atoms with Crippen LogP contribution in [0.2, 0.25) is 0 Å². The van der Waals surface area contributed by atoms with Crippen LogP contribution < -0.4 is 15.2 Å². The molecule has 2 N–H and O–H groups in total. The van der Waals surface area contributed by atoms with Crippen LogP contribution in [0, 0.1) is 5.41 Å². The number of aryl methyl sites for hydroxylation is 1. The Bertz CT molecular complexity index is 1150. The van der Waals surface area contributed by atoms with Crippen LogP contribution >= 0.6 is 0 Å². The van der Waals surface area contributed by atoms with Crippen molar-refractivity contribution < 1.29 is 28.6 Å². The number of esters is 1. The summed E-state index contributed by atoms with van der Waals surface area (Å²) in [5.41, 5.74) is 7.58. The molecule has 0 saturated carbocycles. The first-order chi connectivity index (χ1) is 18.1. The van der Waals surface area contributed by atoms with Gasteiger partial charge in [-0.15, -0.1) is 0 Å². The number of methoxy groups -OCH3 is 2. The maximum atomic E-state index is 13.5. The van der Waals surface area contributed by atoms with Gasteiger partial charge in [-0.05, 0) is 73.9 Å². The Morgan fingerprint density at radius 3 is 2.45 bits per heavy atom. The molecule has 1 fully saturated rings. The Kier molecular flexibility index (Phi) is 9.78. The van der Waals surface area contributed by atoms with E-state index in [9.17, 15) is 14.4 Å². The minimum Gasteiger partial charge on any atom is -0.493 e. The Morgan fingerprint density at radius 2 is 1.79 bits per heavy atom. The molecule has 1 aliphatic heterocycles. The van der Waals surface area contributed by atoms with Crippen molar-refractivity contribution in [2.24, 2.45) is 5.41 Å². The molecule has 1 amide bonds. The first-order valence-corrected chi connectivity index (χ1v) is 13.2. The first kappa shape index (κ1) is 29.0. The second-order valence-corrected chi connectivity index (χ2v) is 10.4. The molecule has 2 aromatic carbocycles. The summed E-state index contributed by atoms with van der Waals surface area (Å²) < 4.78 is 16.8. The number of ketones is 1. The summed E-state index contributed by atoms with van der Waals surface area (Å²) in [6, 6.07) is 12.2. The summed E-state index contributed by atoms with van der Waals surface area (Å²) in [5.74, 6) is -0.318. The van der Waals surface area contributed by atoms with Crippen LogP contribution in [0.4, 0.5) is 5.69 Å². The van der Waals surface area contributed by atoms with Gasteiger partial charge in [0, 0.05) is 17.6 Å². The van der Waals surface area contributed by atoms with Crippen molar-refractivity contribution in [3.63, 3.8) is 0 Å². The number of nitrogen functional groups attached to an aromatic ring is 1. The van der Waals surface area contributed by atoms with Gasteiger partial charge < -0.3 is 24.8 Å². The Labute approximate surface area is 225 Å². The van der Waals surface area contributed by atoms with Crippen LogP contribution in [-0.4, -0.2) is 49.4 Å². The molecule has 38 heavy (non-hydrogen) atoms. The zero-order valence-electron chi connectivity index (χ0n) is 23.1. The van der Waals surface area contributed by atoms with Gasteiger partial charge in [-0.1, -0.05) is 39.0 Å². The topological polar surface area (TPSA) is 108 Å². The molecular formula is C30H40N2O6. The van der Waals surface area contributed by atoms with Crippen molar-refractivity contribution in [1.29, 1.82) is 0 Å². The lowest BCUT2D eigenvalue weighted by atomic mass is 9.84. The fraction of sp³-hybridized carbons (Fsp3) is 0.500. The smallest absolute Gasteiger partial charge is 0.329 e. The summed E-state index contributed by atoms with van der Waals surface area (Å²) in [7, 11) is 3.17. The molecule has 2 aromatic rings. The number of nitrogens with two attached hydrogens (primary N) is 1. The van der Waals surface area contributed by atoms with E-state index in [0.717, 1.165) is 24.0 Å². The van der Waals surface area contributed by atoms with E-state index < -0.39 is 35.2 Å². The van der Waals surface area contributed by atoms with E-state index >= 15 is 0 Å². The molecule has 1 heterocycles. The van der Waals surface area contributed by atoms with Gasteiger partial charge in [-0.3, -0.25) is 9.59 Å². The molecule has 0 aromatic heterocycles. The monoisotopic (exact) mass is 524 g/mol. The SMILES string of the molecule is CCC(C)(C)C(=O)C(=O)N1CCCC[C@@H]1C(=O)OC(CCc1ccc(OC)c(OC)c1)c1cccc(N)c1. The second-order valence-electron chi connectivity index (χ2n) is 10.4. The minimum absolute atomic E-state index is 0.360. The number of anilines is 1. The number of ether oxygens (including phenoxy) is 3. The first-order valence-electron chi connectivity index (χ1n) is 13.2. The van der Waals surface area contributed by atoms with Gasteiger partial charge >= 0.3 is 5.97 Å². The number of piperidine rings is 1. The molecule has 1 unspecified atom stereocenters. The lowest BCUT2D eigenvalue weighted by Gasteiger charge is -2.36. The maximum absolute atomic E-state index is 13.5. The van der Waals surface area contributed by atoms with E-state index in [1.165, 1.54) is 4.90 Å². The van der Waals surface area contributed by atoms with Gasteiger partial charge in [-0.25, -0.2) is 4.79 Å². The van der Waals surface area contributed by atoms with E-state index in [-0.39, 0.29) is 0 Å². The molecular weight excluding hydrogens is 484 g/mol. The Hall–Kier alpha value is -3.55. The van der Waals surface area contributed by atoms with E-state index in [4.69, 9.17) is 19.9 Å². The number of nitrogens with zero attached hydrogens (tertiary/aromatic N) is 1. The third-order valence-electron chi connectivity index (χ3n) is 7.41. The van der Waals surface area contributed by atoms with Crippen molar-refractivity contribution in [1.82, 2.24) is 4.90 Å². The Morgan fingerprint density at radius 1 is 1.05 bits per heavy atom. The fourth-order valence-corrected chi connectivity index (χ4v) is 4.61. The summed E-state index contributed by atoms with van der Waals surface area (Å²) >= 11 is 0. The number of rotatable bonds is 11. The fourth-order valence-electron chi connectivity index (χ4n) is 4.61. The Balaban J connectivity index is 1.81. The number of amides is 1. The van der Waals surface area contributed by atoms with Crippen molar-refractivity contribution in [2.45, 2.75) is 71.4 Å². The largest absolute Gasteiger partial charge is 0.493 e. The van der Waals surface area contributed by atoms with Crippen LogP contribution in [0.3, 0.4) is 0 Å². The minimum atomic E-state index is -0.794. The number of benzene rings is 2. The molecule has 0 bridgehead atoms. The highest BCUT2D eigenvalue weighted by atomic mass is 16.5. The zero-order chi connectivity index (χ0) is 27.9. The number of carbonyl (C=O) groups excluding carboxylic acids is 3. The average molecular weight is 525 g/mol. The van der Waals surface area contributed by atoms with Crippen LogP contribution in [0.15, 0.2) is 42.5 Å². The summed E-state index contributed by atoms with van der Waals surface area (Å²) in [4.78, 5) is 41.0. The van der Waals surface area contributed by atoms with Gasteiger partial charge in [0.25, 0.3) is 5.91 Å². The molecule has 0 aliphatic carbocycles. The van der Waals surface area contributed by atoms with Crippen LogP contribution in [-0.2, 0) is 25.5 Å². The molecule has 2 atom stereocenters. The highest BCUT2D eigenvalue weighted by Gasteiger charge is 2.41. The van der Waals surface area contributed by atoms with Crippen LogP contribution in [0.5, 0.6) is 11.5 Å². The molecule has 1 aliphatic rings. The summed E-state index contributed by atoms with van der Waals surface area (Å²) in [6.45, 7) is 5.75. The number of likely N-dealkylation sites (tertiary alicyclic amines) is 1. The van der Waals surface area contributed by atoms with E-state index in [1.54, 1.807) is 40.2 Å². The van der Waals surface area contributed by atoms with Crippen LogP contribution in [0.1, 0.15) is 70.1 Å². The summed E-state index contributed by atoms with van der Waals surface area (Å²) in [5, 5.41) is 0.